The van der Waals surface area contributed by atoms with Gasteiger partial charge in [-0.1, -0.05) is 25.1 Å². The first kappa shape index (κ1) is 16.5. The molecule has 0 aliphatic carbocycles. The van der Waals surface area contributed by atoms with Gasteiger partial charge in [0.05, 0.1) is 0 Å². The van der Waals surface area contributed by atoms with Crippen LogP contribution in [-0.4, -0.2) is 36.5 Å². The summed E-state index contributed by atoms with van der Waals surface area (Å²) in [5, 5.41) is 0. The molecular weight excluding hydrogens is 252 g/mol. The van der Waals surface area contributed by atoms with E-state index in [9.17, 15) is 0 Å². The van der Waals surface area contributed by atoms with Crippen molar-refractivity contribution in [2.24, 2.45) is 5.73 Å². The summed E-state index contributed by atoms with van der Waals surface area (Å²) >= 11 is 1.91. The average Bonchev–Trinajstić information content (AvgIpc) is 2.39. The van der Waals surface area contributed by atoms with Gasteiger partial charge in [-0.25, -0.2) is 0 Å². The molecule has 2 N–H and O–H groups in total. The van der Waals surface area contributed by atoms with Gasteiger partial charge in [0.15, 0.2) is 0 Å². The fraction of sp³-hybridized carbons (Fsp3) is 0.625. The maximum absolute atomic E-state index is 6.08. The molecule has 0 saturated carbocycles. The van der Waals surface area contributed by atoms with Gasteiger partial charge in [-0.15, -0.1) is 0 Å². The first-order valence-electron chi connectivity index (χ1n) is 7.03. The Bertz CT molecular complexity index is 372. The Morgan fingerprint density at radius 3 is 2.26 bits per heavy atom. The van der Waals surface area contributed by atoms with Gasteiger partial charge in [-0.3, -0.25) is 4.90 Å². The summed E-state index contributed by atoms with van der Waals surface area (Å²) < 4.78 is 0. The number of hydrogen-bond acceptors (Lipinski definition) is 3. The lowest BCUT2D eigenvalue weighted by molar-refractivity contribution is 0.187. The van der Waals surface area contributed by atoms with Gasteiger partial charge in [-0.2, -0.15) is 11.8 Å². The number of nitrogens with zero attached hydrogens (tertiary/aromatic N) is 1. The van der Waals surface area contributed by atoms with Crippen molar-refractivity contribution < 1.29 is 0 Å². The van der Waals surface area contributed by atoms with E-state index in [1.165, 1.54) is 23.1 Å². The predicted octanol–water partition coefficient (Wildman–Crippen LogP) is 3.38. The second-order valence-corrected chi connectivity index (χ2v) is 6.15. The highest BCUT2D eigenvalue weighted by Gasteiger charge is 2.24. The molecule has 0 radical (unpaired) electrons. The molecule has 0 aliphatic rings. The van der Waals surface area contributed by atoms with Crippen molar-refractivity contribution in [1.82, 2.24) is 4.90 Å². The summed E-state index contributed by atoms with van der Waals surface area (Å²) in [6, 6.07) is 7.41. The van der Waals surface area contributed by atoms with Crippen LogP contribution in [0.5, 0.6) is 0 Å². The summed E-state index contributed by atoms with van der Waals surface area (Å²) in [4.78, 5) is 2.46. The molecule has 1 aromatic rings. The summed E-state index contributed by atoms with van der Waals surface area (Å²) in [6.07, 6.45) is 3.34. The van der Waals surface area contributed by atoms with E-state index in [2.05, 4.69) is 57.2 Å². The van der Waals surface area contributed by atoms with Crippen LogP contribution in [-0.2, 0) is 0 Å². The monoisotopic (exact) mass is 280 g/mol. The summed E-state index contributed by atoms with van der Waals surface area (Å²) in [7, 11) is 2.22. The molecule has 0 spiro atoms. The minimum atomic E-state index is 0.318. The largest absolute Gasteiger partial charge is 0.329 e. The van der Waals surface area contributed by atoms with E-state index < -0.39 is 0 Å². The van der Waals surface area contributed by atoms with Crippen molar-refractivity contribution in [3.63, 3.8) is 0 Å². The standard InChI is InChI=1S/C16H28N2S/c1-6-14(11-19-5)18(4)15(10-17)16-12(2)8-7-9-13(16)3/h7-9,14-15H,6,10-11,17H2,1-5H3. The van der Waals surface area contributed by atoms with Gasteiger partial charge in [0.25, 0.3) is 0 Å². The molecule has 0 fully saturated rings. The van der Waals surface area contributed by atoms with Crippen LogP contribution in [0.1, 0.15) is 36.1 Å². The van der Waals surface area contributed by atoms with Gasteiger partial charge in [-0.05, 0) is 50.3 Å². The molecular formula is C16H28N2S. The molecule has 2 atom stereocenters. The summed E-state index contributed by atoms with van der Waals surface area (Å²) in [6.45, 7) is 7.31. The van der Waals surface area contributed by atoms with Crippen molar-refractivity contribution >= 4 is 11.8 Å². The van der Waals surface area contributed by atoms with Crippen molar-refractivity contribution in [3.05, 3.63) is 34.9 Å². The lowest BCUT2D eigenvalue weighted by atomic mass is 9.94. The zero-order chi connectivity index (χ0) is 14.4. The number of nitrogens with two attached hydrogens (primary N) is 1. The van der Waals surface area contributed by atoms with E-state index in [4.69, 9.17) is 5.73 Å². The van der Waals surface area contributed by atoms with E-state index in [1.807, 2.05) is 11.8 Å². The Morgan fingerprint density at radius 1 is 1.26 bits per heavy atom. The summed E-state index contributed by atoms with van der Waals surface area (Å²) in [5.74, 6) is 1.16. The van der Waals surface area contributed by atoms with Crippen molar-refractivity contribution in [2.45, 2.75) is 39.3 Å². The molecule has 0 bridgehead atoms. The third kappa shape index (κ3) is 3.98. The Morgan fingerprint density at radius 2 is 1.84 bits per heavy atom. The molecule has 0 aliphatic heterocycles. The van der Waals surface area contributed by atoms with E-state index in [0.717, 1.165) is 5.75 Å². The molecule has 0 aromatic heterocycles. The molecule has 2 nitrogen and oxygen atoms in total. The number of aryl methyl sites for hydroxylation is 2. The van der Waals surface area contributed by atoms with Crippen LogP contribution < -0.4 is 5.73 Å². The van der Waals surface area contributed by atoms with Crippen molar-refractivity contribution in [1.29, 1.82) is 0 Å². The minimum absolute atomic E-state index is 0.318. The molecule has 108 valence electrons. The lowest BCUT2D eigenvalue weighted by Crippen LogP contribution is -2.40. The molecule has 2 unspecified atom stereocenters. The van der Waals surface area contributed by atoms with Crippen LogP contribution in [0.2, 0.25) is 0 Å². The van der Waals surface area contributed by atoms with Crippen LogP contribution in [0.25, 0.3) is 0 Å². The maximum atomic E-state index is 6.08. The molecule has 19 heavy (non-hydrogen) atoms. The fourth-order valence-corrected chi connectivity index (χ4v) is 3.67. The van der Waals surface area contributed by atoms with E-state index in [-0.39, 0.29) is 0 Å². The molecule has 1 aromatic carbocycles. The Hall–Kier alpha value is -0.510. The van der Waals surface area contributed by atoms with E-state index in [0.29, 0.717) is 18.6 Å². The number of benzene rings is 1. The minimum Gasteiger partial charge on any atom is -0.329 e. The Kier molecular flexibility index (Phi) is 6.90. The van der Waals surface area contributed by atoms with Crippen LogP contribution >= 0.6 is 11.8 Å². The van der Waals surface area contributed by atoms with Gasteiger partial charge in [0, 0.05) is 24.4 Å². The highest BCUT2D eigenvalue weighted by atomic mass is 32.2. The van der Waals surface area contributed by atoms with Crippen LogP contribution in [0, 0.1) is 13.8 Å². The molecule has 3 heteroatoms. The number of rotatable bonds is 7. The van der Waals surface area contributed by atoms with Gasteiger partial charge >= 0.3 is 0 Å². The zero-order valence-corrected chi connectivity index (χ0v) is 13.8. The van der Waals surface area contributed by atoms with E-state index in [1.54, 1.807) is 0 Å². The maximum Gasteiger partial charge on any atom is 0.0475 e. The van der Waals surface area contributed by atoms with Crippen molar-refractivity contribution in [3.8, 4) is 0 Å². The van der Waals surface area contributed by atoms with Gasteiger partial charge in [0.2, 0.25) is 0 Å². The predicted molar refractivity (Wildman–Crippen MR) is 87.9 cm³/mol. The number of thioether (sulfide) groups is 1. The molecule has 0 amide bonds. The SMILES string of the molecule is CCC(CSC)N(C)C(CN)c1c(C)cccc1C. The fourth-order valence-electron chi connectivity index (χ4n) is 2.81. The first-order chi connectivity index (χ1) is 9.06. The van der Waals surface area contributed by atoms with Gasteiger partial charge in [0.1, 0.15) is 0 Å². The van der Waals surface area contributed by atoms with Gasteiger partial charge < -0.3 is 5.73 Å². The highest BCUT2D eigenvalue weighted by Crippen LogP contribution is 2.28. The lowest BCUT2D eigenvalue weighted by Gasteiger charge is -2.35. The quantitative estimate of drug-likeness (QED) is 0.830. The average molecular weight is 280 g/mol. The van der Waals surface area contributed by atoms with E-state index >= 15 is 0 Å². The first-order valence-corrected chi connectivity index (χ1v) is 8.43. The molecule has 0 heterocycles. The summed E-state index contributed by atoms with van der Waals surface area (Å²) in [5.41, 5.74) is 10.2. The number of hydrogen-bond donors (Lipinski definition) is 1. The topological polar surface area (TPSA) is 29.3 Å². The van der Waals surface area contributed by atoms with Crippen LogP contribution in [0.15, 0.2) is 18.2 Å². The van der Waals surface area contributed by atoms with Crippen molar-refractivity contribution in [2.75, 3.05) is 25.6 Å². The Labute approximate surface area is 122 Å². The molecule has 1 rings (SSSR count). The smallest absolute Gasteiger partial charge is 0.0475 e. The second kappa shape index (κ2) is 7.93. The third-order valence-corrected chi connectivity index (χ3v) is 4.71. The third-order valence-electron chi connectivity index (χ3n) is 4.00. The normalized spacial score (nSPS) is 14.7. The zero-order valence-electron chi connectivity index (χ0n) is 12.9. The molecule has 0 saturated heterocycles. The Balaban J connectivity index is 3.05. The van der Waals surface area contributed by atoms with Crippen LogP contribution in [0.4, 0.5) is 0 Å². The van der Waals surface area contributed by atoms with Crippen LogP contribution in [0.3, 0.4) is 0 Å². The second-order valence-electron chi connectivity index (χ2n) is 5.24. The number of likely N-dealkylation sites (N-methyl/N-ethyl adjacent to an activating group) is 1. The highest BCUT2D eigenvalue weighted by molar-refractivity contribution is 7.98.